The molecule has 0 bridgehead atoms. The number of nitrogens with zero attached hydrogens (tertiary/aromatic N) is 3. The Kier molecular flexibility index (Phi) is 13.1. The normalized spacial score (nSPS) is 18.6. The van der Waals surface area contributed by atoms with Gasteiger partial charge in [0.05, 0.1) is 19.3 Å². The highest BCUT2D eigenvalue weighted by Crippen LogP contribution is 2.40. The SMILES string of the molecule is CC(C)(O)O.CCCSc1nc(N)c(N)c(N(N)[C@H]2CCC(OCCO)C2)n1.Fc1ccc(C2CC2)cc1F. The second kappa shape index (κ2) is 15.5. The lowest BCUT2D eigenvalue weighted by molar-refractivity contribution is -0.127. The number of rotatable bonds is 9. The van der Waals surface area contributed by atoms with E-state index in [9.17, 15) is 8.78 Å². The molecule has 1 heterocycles. The van der Waals surface area contributed by atoms with Crippen LogP contribution in [-0.4, -0.2) is 62.2 Å². The highest BCUT2D eigenvalue weighted by atomic mass is 32.2. The molecule has 2 fully saturated rings. The number of aromatic nitrogens is 2. The van der Waals surface area contributed by atoms with Crippen LogP contribution in [0.4, 0.5) is 26.1 Å². The van der Waals surface area contributed by atoms with Gasteiger partial charge in [0, 0.05) is 11.8 Å². The maximum absolute atomic E-state index is 12.6. The van der Waals surface area contributed by atoms with Crippen LogP contribution in [0.25, 0.3) is 0 Å². The summed E-state index contributed by atoms with van der Waals surface area (Å²) in [7, 11) is 0. The van der Waals surface area contributed by atoms with Crippen molar-refractivity contribution >= 4 is 29.1 Å². The minimum atomic E-state index is -1.50. The molecular formula is C26H42F2N6O4S. The Morgan fingerprint density at radius 1 is 1.10 bits per heavy atom. The van der Waals surface area contributed by atoms with Crippen molar-refractivity contribution in [3.05, 3.63) is 35.4 Å². The van der Waals surface area contributed by atoms with Crippen LogP contribution >= 0.6 is 11.8 Å². The monoisotopic (exact) mass is 572 g/mol. The summed E-state index contributed by atoms with van der Waals surface area (Å²) in [6.07, 6.45) is 5.91. The largest absolute Gasteiger partial charge is 0.394 e. The third kappa shape index (κ3) is 11.8. The summed E-state index contributed by atoms with van der Waals surface area (Å²) in [4.78, 5) is 8.67. The minimum absolute atomic E-state index is 0.0287. The molecule has 2 aliphatic carbocycles. The van der Waals surface area contributed by atoms with Gasteiger partial charge in [-0.3, -0.25) is 5.01 Å². The standard InChI is InChI=1S/C14H26N6O2S.C9H8F2.C3H8O2/c1-2-7-23-14-18-12(16)11(15)13(19-14)20(17)9-3-4-10(8-9)22-6-5-21;10-8-4-3-7(5-9(8)11)6-1-2-6;1-3(2,4)5/h9-10,21H,2-8,15,17H2,1H3,(H2,16,18,19);3-6H,1-2H2;4-5H,1-2H3/t9-,10?;;/m0../s1. The van der Waals surface area contributed by atoms with Crippen LogP contribution in [0.5, 0.6) is 0 Å². The summed E-state index contributed by atoms with van der Waals surface area (Å²) in [5, 5.41) is 27.2. The summed E-state index contributed by atoms with van der Waals surface area (Å²) in [6.45, 7) is 5.07. The number of aliphatic hydroxyl groups excluding tert-OH is 1. The predicted octanol–water partition coefficient (Wildman–Crippen LogP) is 3.30. The number of aliphatic hydroxyl groups is 3. The first kappa shape index (κ1) is 32.9. The highest BCUT2D eigenvalue weighted by molar-refractivity contribution is 7.99. The number of nitrogens with two attached hydrogens (primary N) is 3. The Morgan fingerprint density at radius 2 is 1.77 bits per heavy atom. The molecule has 0 amide bonds. The topological polar surface area (TPSA) is 177 Å². The fourth-order valence-electron chi connectivity index (χ4n) is 3.81. The molecule has 9 N–H and O–H groups in total. The van der Waals surface area contributed by atoms with Gasteiger partial charge in [-0.1, -0.05) is 24.8 Å². The van der Waals surface area contributed by atoms with Crippen LogP contribution in [0.1, 0.15) is 70.8 Å². The molecular weight excluding hydrogens is 530 g/mol. The molecule has 10 nitrogen and oxygen atoms in total. The van der Waals surface area contributed by atoms with Gasteiger partial charge in [0.25, 0.3) is 0 Å². The smallest absolute Gasteiger partial charge is 0.191 e. The molecule has 0 spiro atoms. The molecule has 2 aliphatic rings. The number of thioether (sulfide) groups is 1. The first-order chi connectivity index (χ1) is 18.3. The van der Waals surface area contributed by atoms with E-state index >= 15 is 0 Å². The average Bonchev–Trinajstić information content (AvgIpc) is 3.61. The van der Waals surface area contributed by atoms with Crippen molar-refractivity contribution in [2.45, 2.75) is 88.3 Å². The predicted molar refractivity (Wildman–Crippen MR) is 150 cm³/mol. The molecule has 39 heavy (non-hydrogen) atoms. The van der Waals surface area contributed by atoms with E-state index in [0.717, 1.165) is 49.8 Å². The van der Waals surface area contributed by atoms with E-state index in [-0.39, 0.29) is 24.6 Å². The number of nitrogen functional groups attached to an aromatic ring is 2. The number of halogens is 2. The van der Waals surface area contributed by atoms with E-state index in [2.05, 4.69) is 16.9 Å². The third-order valence-electron chi connectivity index (χ3n) is 5.80. The fraction of sp³-hybridized carbons (Fsp3) is 0.615. The molecule has 220 valence electrons. The van der Waals surface area contributed by atoms with Crippen molar-refractivity contribution in [1.29, 1.82) is 0 Å². The van der Waals surface area contributed by atoms with Gasteiger partial charge in [-0.25, -0.2) is 24.6 Å². The van der Waals surface area contributed by atoms with E-state index in [4.69, 9.17) is 37.4 Å². The molecule has 0 aliphatic heterocycles. The molecule has 1 aromatic heterocycles. The van der Waals surface area contributed by atoms with Crippen LogP contribution in [0, 0.1) is 11.6 Å². The number of anilines is 3. The molecule has 4 rings (SSSR count). The van der Waals surface area contributed by atoms with Gasteiger partial charge in [-0.2, -0.15) is 0 Å². The van der Waals surface area contributed by atoms with E-state index in [0.29, 0.717) is 29.2 Å². The number of benzene rings is 1. The Morgan fingerprint density at radius 3 is 2.33 bits per heavy atom. The van der Waals surface area contributed by atoms with Crippen molar-refractivity contribution in [3.8, 4) is 0 Å². The zero-order chi connectivity index (χ0) is 29.2. The molecule has 2 aromatic rings. The summed E-state index contributed by atoms with van der Waals surface area (Å²) in [6, 6.07) is 4.24. The molecule has 13 heteroatoms. The van der Waals surface area contributed by atoms with Gasteiger partial charge in [0.2, 0.25) is 0 Å². The number of hydrogen-bond donors (Lipinski definition) is 6. The van der Waals surface area contributed by atoms with Crippen LogP contribution < -0.4 is 22.3 Å². The lowest BCUT2D eigenvalue weighted by Crippen LogP contribution is -2.41. The number of ether oxygens (including phenoxy) is 1. The van der Waals surface area contributed by atoms with Crippen molar-refractivity contribution in [3.63, 3.8) is 0 Å². The van der Waals surface area contributed by atoms with Crippen molar-refractivity contribution in [1.82, 2.24) is 9.97 Å². The molecule has 2 atom stereocenters. The van der Waals surface area contributed by atoms with Crippen molar-refractivity contribution < 1.29 is 28.8 Å². The zero-order valence-electron chi connectivity index (χ0n) is 22.8. The first-order valence-corrected chi connectivity index (χ1v) is 14.0. The summed E-state index contributed by atoms with van der Waals surface area (Å²) in [5.41, 5.74) is 13.2. The molecule has 1 aromatic carbocycles. The zero-order valence-corrected chi connectivity index (χ0v) is 23.6. The van der Waals surface area contributed by atoms with E-state index in [1.165, 1.54) is 37.7 Å². The van der Waals surface area contributed by atoms with E-state index in [1.807, 2.05) is 0 Å². The molecule has 0 radical (unpaired) electrons. The minimum Gasteiger partial charge on any atom is -0.394 e. The van der Waals surface area contributed by atoms with Crippen LogP contribution in [0.3, 0.4) is 0 Å². The van der Waals surface area contributed by atoms with Crippen LogP contribution in [-0.2, 0) is 4.74 Å². The third-order valence-corrected chi connectivity index (χ3v) is 6.85. The maximum atomic E-state index is 12.6. The Bertz CT molecular complexity index is 1040. The average molecular weight is 573 g/mol. The summed E-state index contributed by atoms with van der Waals surface area (Å²) < 4.78 is 30.6. The van der Waals surface area contributed by atoms with Crippen molar-refractivity contribution in [2.24, 2.45) is 5.84 Å². The number of hydrogen-bond acceptors (Lipinski definition) is 11. The molecule has 0 saturated heterocycles. The summed E-state index contributed by atoms with van der Waals surface area (Å²) >= 11 is 1.54. The van der Waals surface area contributed by atoms with Crippen LogP contribution in [0.15, 0.2) is 23.4 Å². The summed E-state index contributed by atoms with van der Waals surface area (Å²) in [5.74, 6) is 5.41. The van der Waals surface area contributed by atoms with Gasteiger partial charge >= 0.3 is 0 Å². The molecule has 2 saturated carbocycles. The number of hydrazine groups is 1. The molecule has 1 unspecified atom stereocenters. The lowest BCUT2D eigenvalue weighted by atomic mass is 10.1. The second-order valence-electron chi connectivity index (χ2n) is 10.0. The Hall–Kier alpha value is -2.29. The van der Waals surface area contributed by atoms with Crippen LogP contribution in [0.2, 0.25) is 0 Å². The second-order valence-corrected chi connectivity index (χ2v) is 11.1. The van der Waals surface area contributed by atoms with Gasteiger partial charge in [-0.05, 0) is 76.0 Å². The fourth-order valence-corrected chi connectivity index (χ4v) is 4.51. The van der Waals surface area contributed by atoms with Gasteiger partial charge < -0.3 is 31.5 Å². The quantitative estimate of drug-likeness (QED) is 0.0854. The highest BCUT2D eigenvalue weighted by Gasteiger charge is 2.31. The van der Waals surface area contributed by atoms with Gasteiger partial charge in [0.1, 0.15) is 5.69 Å². The Labute approximate surface area is 232 Å². The van der Waals surface area contributed by atoms with E-state index in [1.54, 1.807) is 11.1 Å². The van der Waals surface area contributed by atoms with Crippen molar-refractivity contribution in [2.75, 3.05) is 35.4 Å². The van der Waals surface area contributed by atoms with E-state index < -0.39 is 17.4 Å². The van der Waals surface area contributed by atoms with Gasteiger partial charge in [-0.15, -0.1) is 0 Å². The van der Waals surface area contributed by atoms with Gasteiger partial charge in [0.15, 0.2) is 34.2 Å². The first-order valence-electron chi connectivity index (χ1n) is 13.1. The maximum Gasteiger partial charge on any atom is 0.191 e. The lowest BCUT2D eigenvalue weighted by Gasteiger charge is -2.26. The Balaban J connectivity index is 0.000000273.